The fraction of sp³-hybridized carbons (Fsp3) is 0.222. The molecule has 0 bridgehead atoms. The van der Waals surface area contributed by atoms with Crippen LogP contribution in [-0.4, -0.2) is 0 Å². The van der Waals surface area contributed by atoms with Crippen molar-refractivity contribution in [3.8, 4) is 11.1 Å². The van der Waals surface area contributed by atoms with Crippen molar-refractivity contribution >= 4 is 23.2 Å². The maximum atomic E-state index is 13.0. The van der Waals surface area contributed by atoms with Crippen molar-refractivity contribution in [3.05, 3.63) is 64.2 Å². The molecular weight excluding hydrogens is 580 g/mol. The summed E-state index contributed by atoms with van der Waals surface area (Å²) in [5.41, 5.74) is 0.284. The van der Waals surface area contributed by atoms with Crippen LogP contribution in [0.5, 0.6) is 0 Å². The van der Waals surface area contributed by atoms with Gasteiger partial charge in [0.25, 0.3) is 0 Å². The standard InChI is InChI=1S/C18H12F6.2ClH.Hf/c1-10-5-11-3-2-4-15(16(11)6-10)12-7-13(17(19,20)21)9-14(8-12)18(22,23)24;;;/h2-4,6-9H,5H2,1H3;2*1H;/q;;;+2/p-2. The van der Waals surface area contributed by atoms with Crippen LogP contribution in [0.2, 0.25) is 0 Å². The normalized spacial score (nSPS) is 13.4. The number of fused-ring (bicyclic) bond motifs is 1. The number of halogens is 8. The molecule has 0 aliphatic heterocycles. The monoisotopic (exact) mass is 592 g/mol. The van der Waals surface area contributed by atoms with Crippen molar-refractivity contribution in [1.82, 2.24) is 0 Å². The molecule has 1 aliphatic rings. The van der Waals surface area contributed by atoms with Gasteiger partial charge in [-0.05, 0) is 53.8 Å². The van der Waals surface area contributed by atoms with E-state index in [-0.39, 0.29) is 11.6 Å². The Kier molecular flexibility index (Phi) is 7.25. The molecule has 1 aliphatic carbocycles. The van der Waals surface area contributed by atoms with Gasteiger partial charge in [-0.25, -0.2) is 0 Å². The third-order valence-electron chi connectivity index (χ3n) is 3.96. The summed E-state index contributed by atoms with van der Waals surface area (Å²) in [6.45, 7) is 1.87. The van der Waals surface area contributed by atoms with Gasteiger partial charge < -0.3 is 0 Å². The van der Waals surface area contributed by atoms with E-state index >= 15 is 0 Å². The summed E-state index contributed by atoms with van der Waals surface area (Å²) in [4.78, 5) is 0. The molecule has 0 aromatic heterocycles. The molecule has 144 valence electrons. The van der Waals surface area contributed by atoms with Crippen molar-refractivity contribution in [2.24, 2.45) is 0 Å². The summed E-state index contributed by atoms with van der Waals surface area (Å²) >= 11 is -0.972. The number of rotatable bonds is 1. The van der Waals surface area contributed by atoms with Crippen LogP contribution in [0, 0.1) is 0 Å². The predicted molar refractivity (Wildman–Crippen MR) is 90.9 cm³/mol. The molecule has 0 unspecified atom stereocenters. The average Bonchev–Trinajstić information content (AvgIpc) is 2.93. The number of hydrogen-bond donors (Lipinski definition) is 0. The third kappa shape index (κ3) is 5.61. The molecule has 0 atom stereocenters. The van der Waals surface area contributed by atoms with Gasteiger partial charge in [-0.15, -0.1) is 0 Å². The van der Waals surface area contributed by atoms with Crippen molar-refractivity contribution in [2.75, 3.05) is 0 Å². The molecule has 0 N–H and O–H groups in total. The van der Waals surface area contributed by atoms with E-state index in [1.54, 1.807) is 18.2 Å². The second-order valence-corrected chi connectivity index (χ2v) is 11.1. The summed E-state index contributed by atoms with van der Waals surface area (Å²) in [7, 11) is 9.92. The molecule has 0 nitrogen and oxygen atoms in total. The molecular formula is C18H12Cl2F6Hf. The van der Waals surface area contributed by atoms with Gasteiger partial charge in [-0.2, -0.15) is 26.3 Å². The van der Waals surface area contributed by atoms with Crippen LogP contribution in [0.25, 0.3) is 17.2 Å². The Bertz CT molecular complexity index is 824. The Balaban J connectivity index is 0.000000817. The van der Waals surface area contributed by atoms with Gasteiger partial charge in [0, 0.05) is 0 Å². The first-order chi connectivity index (χ1) is 12.5. The first-order valence-electron chi connectivity index (χ1n) is 7.52. The van der Waals surface area contributed by atoms with E-state index < -0.39 is 44.0 Å². The molecule has 2 aromatic rings. The van der Waals surface area contributed by atoms with Crippen LogP contribution in [0.4, 0.5) is 26.3 Å². The number of hydrogen-bond acceptors (Lipinski definition) is 0. The summed E-state index contributed by atoms with van der Waals surface area (Å²) in [6.07, 6.45) is -7.24. The van der Waals surface area contributed by atoms with Crippen LogP contribution in [0.1, 0.15) is 29.2 Å². The number of benzene rings is 2. The van der Waals surface area contributed by atoms with E-state index in [4.69, 9.17) is 17.2 Å². The van der Waals surface area contributed by atoms with Crippen LogP contribution in [-0.2, 0) is 39.3 Å². The third-order valence-corrected chi connectivity index (χ3v) is 3.96. The Morgan fingerprint density at radius 2 is 1.41 bits per heavy atom. The predicted octanol–water partition coefficient (Wildman–Crippen LogP) is 7.73. The minimum atomic E-state index is -4.85. The minimum absolute atomic E-state index is 0.0834. The van der Waals surface area contributed by atoms with Crippen LogP contribution < -0.4 is 0 Å². The summed E-state index contributed by atoms with van der Waals surface area (Å²) in [5.74, 6) is 0. The Labute approximate surface area is 170 Å². The quantitative estimate of drug-likeness (QED) is 0.235. The molecule has 0 heterocycles. The van der Waals surface area contributed by atoms with Gasteiger partial charge in [-0.1, -0.05) is 29.8 Å². The molecule has 2 aromatic carbocycles. The van der Waals surface area contributed by atoms with Crippen LogP contribution >= 0.6 is 17.2 Å². The molecule has 0 saturated heterocycles. The zero-order chi connectivity index (χ0) is 20.4. The van der Waals surface area contributed by atoms with Crippen LogP contribution in [0.3, 0.4) is 0 Å². The van der Waals surface area contributed by atoms with E-state index in [1.165, 1.54) is 0 Å². The fourth-order valence-corrected chi connectivity index (χ4v) is 2.90. The maximum absolute atomic E-state index is 13.0. The number of alkyl halides is 6. The Morgan fingerprint density at radius 3 is 1.89 bits per heavy atom. The molecule has 0 amide bonds. The fourth-order valence-electron chi connectivity index (χ4n) is 2.90. The van der Waals surface area contributed by atoms with Crippen molar-refractivity contribution in [2.45, 2.75) is 25.7 Å². The van der Waals surface area contributed by atoms with Gasteiger partial charge in [0.1, 0.15) is 0 Å². The van der Waals surface area contributed by atoms with Gasteiger partial charge in [0.05, 0.1) is 11.1 Å². The average molecular weight is 592 g/mol. The van der Waals surface area contributed by atoms with Gasteiger partial charge in [0.2, 0.25) is 0 Å². The van der Waals surface area contributed by atoms with E-state index in [2.05, 4.69) is 0 Å². The second-order valence-electron chi connectivity index (χ2n) is 5.91. The van der Waals surface area contributed by atoms with E-state index in [0.717, 1.165) is 23.3 Å². The van der Waals surface area contributed by atoms with Crippen molar-refractivity contribution in [1.29, 1.82) is 0 Å². The van der Waals surface area contributed by atoms with E-state index in [1.807, 2.05) is 13.0 Å². The van der Waals surface area contributed by atoms with Gasteiger partial charge in [0.15, 0.2) is 0 Å². The molecule has 0 radical (unpaired) electrons. The topological polar surface area (TPSA) is 0 Å². The second kappa shape index (κ2) is 8.70. The molecule has 27 heavy (non-hydrogen) atoms. The van der Waals surface area contributed by atoms with Crippen molar-refractivity contribution < 1.29 is 46.9 Å². The number of allylic oxidation sites excluding steroid dienone is 1. The first-order valence-corrected chi connectivity index (χ1v) is 16.4. The summed E-state index contributed by atoms with van der Waals surface area (Å²) in [5, 5.41) is 0. The SMILES string of the molecule is CC1=Cc2c(cccc2-c2cc(C(F)(F)F)cc(C(F)(F)F)c2)C1.[Cl][Hf][Cl]. The van der Waals surface area contributed by atoms with E-state index in [0.29, 0.717) is 17.5 Å². The molecule has 0 saturated carbocycles. The first kappa shape index (κ1) is 22.5. The van der Waals surface area contributed by atoms with Gasteiger partial charge in [-0.3, -0.25) is 0 Å². The van der Waals surface area contributed by atoms with Crippen molar-refractivity contribution in [3.63, 3.8) is 0 Å². The Hall–Kier alpha value is -0.790. The molecule has 9 heteroatoms. The van der Waals surface area contributed by atoms with E-state index in [9.17, 15) is 26.3 Å². The molecule has 0 spiro atoms. The zero-order valence-electron chi connectivity index (χ0n) is 13.8. The Morgan fingerprint density at radius 1 is 0.889 bits per heavy atom. The summed E-state index contributed by atoms with van der Waals surface area (Å²) < 4.78 is 78.1. The van der Waals surface area contributed by atoms with Gasteiger partial charge >= 0.3 is 50.0 Å². The zero-order valence-corrected chi connectivity index (χ0v) is 18.9. The molecule has 3 rings (SSSR count). The summed E-state index contributed by atoms with van der Waals surface area (Å²) in [6, 6.07) is 6.70. The van der Waals surface area contributed by atoms with Crippen LogP contribution in [0.15, 0.2) is 42.0 Å². The molecule has 0 fully saturated rings.